The van der Waals surface area contributed by atoms with Gasteiger partial charge in [0.2, 0.25) is 6.41 Å². The molecule has 5 nitrogen and oxygen atoms in total. The van der Waals surface area contributed by atoms with Crippen LogP contribution in [-0.2, 0) is 11.8 Å². The lowest BCUT2D eigenvalue weighted by Crippen LogP contribution is -2.23. The number of amides is 1. The fourth-order valence-corrected chi connectivity index (χ4v) is 4.18. The number of aryl methyl sites for hydroxylation is 1. The summed E-state index contributed by atoms with van der Waals surface area (Å²) < 4.78 is 2.19. The van der Waals surface area contributed by atoms with E-state index < -0.39 is 0 Å². The minimum Gasteiger partial charge on any atom is -0.358 e. The number of pyridine rings is 1. The van der Waals surface area contributed by atoms with Gasteiger partial charge in [0.05, 0.1) is 0 Å². The lowest BCUT2D eigenvalue weighted by molar-refractivity contribution is -0.109. The van der Waals surface area contributed by atoms with Crippen LogP contribution >= 0.6 is 0 Å². The lowest BCUT2D eigenvalue weighted by atomic mass is 9.90. The number of aromatic amines is 1. The van der Waals surface area contributed by atoms with Gasteiger partial charge >= 0.3 is 0 Å². The third-order valence-electron chi connectivity index (χ3n) is 5.50. The van der Waals surface area contributed by atoms with Crippen LogP contribution < -0.4 is 5.32 Å². The van der Waals surface area contributed by atoms with Crippen LogP contribution in [0.1, 0.15) is 23.6 Å². The molecule has 0 radical (unpaired) electrons. The molecule has 5 rings (SSSR count). The van der Waals surface area contributed by atoms with Crippen LogP contribution in [0.3, 0.4) is 0 Å². The van der Waals surface area contributed by atoms with E-state index in [1.54, 1.807) is 0 Å². The first-order valence-corrected chi connectivity index (χ1v) is 8.21. The molecule has 2 atom stereocenters. The normalized spacial score (nSPS) is 23.8. The highest BCUT2D eigenvalue weighted by Gasteiger charge is 2.56. The fourth-order valence-electron chi connectivity index (χ4n) is 4.18. The molecule has 2 aliphatic carbocycles. The van der Waals surface area contributed by atoms with E-state index in [0.29, 0.717) is 12.5 Å². The molecule has 3 heterocycles. The molecule has 2 unspecified atom stereocenters. The van der Waals surface area contributed by atoms with E-state index in [4.69, 9.17) is 0 Å². The van der Waals surface area contributed by atoms with Crippen molar-refractivity contribution < 1.29 is 4.79 Å². The van der Waals surface area contributed by atoms with Gasteiger partial charge in [-0.1, -0.05) is 6.08 Å². The second kappa shape index (κ2) is 4.60. The molecule has 1 fully saturated rings. The summed E-state index contributed by atoms with van der Waals surface area (Å²) in [6, 6.07) is 6.21. The van der Waals surface area contributed by atoms with Crippen molar-refractivity contribution in [3.05, 3.63) is 47.9 Å². The Balaban J connectivity index is 1.63. The molecule has 0 bridgehead atoms. The van der Waals surface area contributed by atoms with E-state index in [-0.39, 0.29) is 5.41 Å². The molecule has 1 amide bonds. The van der Waals surface area contributed by atoms with Gasteiger partial charge in [0, 0.05) is 53.7 Å². The first kappa shape index (κ1) is 13.6. The van der Waals surface area contributed by atoms with E-state index in [1.807, 2.05) is 12.3 Å². The molecule has 0 saturated heterocycles. The van der Waals surface area contributed by atoms with Crippen molar-refractivity contribution in [1.82, 2.24) is 19.9 Å². The molecule has 5 heteroatoms. The molecule has 120 valence electrons. The Hall–Kier alpha value is -2.82. The molecule has 2 N–H and O–H groups in total. The van der Waals surface area contributed by atoms with Crippen LogP contribution in [0, 0.1) is 5.41 Å². The van der Waals surface area contributed by atoms with Gasteiger partial charge in [0.25, 0.3) is 0 Å². The van der Waals surface area contributed by atoms with Gasteiger partial charge < -0.3 is 14.9 Å². The Bertz CT molecular complexity index is 963. The quantitative estimate of drug-likeness (QED) is 0.727. The number of rotatable bonds is 4. The van der Waals surface area contributed by atoms with Crippen molar-refractivity contribution >= 4 is 23.5 Å². The Labute approximate surface area is 139 Å². The summed E-state index contributed by atoms with van der Waals surface area (Å²) in [5.74, 6) is 0.473. The number of hydrogen-bond donors (Lipinski definition) is 2. The van der Waals surface area contributed by atoms with Gasteiger partial charge in [-0.2, -0.15) is 0 Å². The number of fused-ring (bicyclic) bond motifs is 4. The van der Waals surface area contributed by atoms with Crippen molar-refractivity contribution in [1.29, 1.82) is 0 Å². The largest absolute Gasteiger partial charge is 0.358 e. The first-order valence-electron chi connectivity index (χ1n) is 8.21. The second-order valence-corrected chi connectivity index (χ2v) is 6.90. The summed E-state index contributed by atoms with van der Waals surface area (Å²) in [5, 5.41) is 3.99. The average molecular weight is 318 g/mol. The molecule has 3 aromatic rings. The highest BCUT2D eigenvalue weighted by Crippen LogP contribution is 2.64. The van der Waals surface area contributed by atoms with Crippen LogP contribution in [0.5, 0.6) is 0 Å². The summed E-state index contributed by atoms with van der Waals surface area (Å²) >= 11 is 0. The van der Waals surface area contributed by atoms with Gasteiger partial charge in [-0.3, -0.25) is 4.79 Å². The summed E-state index contributed by atoms with van der Waals surface area (Å²) in [7, 11) is 2.09. The highest BCUT2D eigenvalue weighted by atomic mass is 16.1. The van der Waals surface area contributed by atoms with E-state index in [2.05, 4.69) is 57.4 Å². The maximum Gasteiger partial charge on any atom is 0.207 e. The zero-order valence-electron chi connectivity index (χ0n) is 13.4. The van der Waals surface area contributed by atoms with Crippen LogP contribution in [0.15, 0.2) is 36.7 Å². The molecular weight excluding hydrogens is 300 g/mol. The molecule has 0 aromatic carbocycles. The topological polar surface area (TPSA) is 62.7 Å². The smallest absolute Gasteiger partial charge is 0.207 e. The SMILES string of the molecule is Cn1cc(-c2cc3cccnc3[nH]2)c2c1C=CC1(CNC=O)CC21. The second-order valence-electron chi connectivity index (χ2n) is 6.90. The van der Waals surface area contributed by atoms with Gasteiger partial charge in [-0.15, -0.1) is 0 Å². The number of nitrogens with zero attached hydrogens (tertiary/aromatic N) is 2. The van der Waals surface area contributed by atoms with Crippen LogP contribution in [0.4, 0.5) is 0 Å². The van der Waals surface area contributed by atoms with E-state index in [9.17, 15) is 4.79 Å². The summed E-state index contributed by atoms with van der Waals surface area (Å²) in [5.41, 5.74) is 6.02. The van der Waals surface area contributed by atoms with Gasteiger partial charge in [-0.25, -0.2) is 4.98 Å². The molecule has 0 aliphatic heterocycles. The minimum atomic E-state index is 0.0915. The monoisotopic (exact) mass is 318 g/mol. The molecule has 2 aliphatic rings. The minimum absolute atomic E-state index is 0.0915. The lowest BCUT2D eigenvalue weighted by Gasteiger charge is -2.18. The summed E-state index contributed by atoms with van der Waals surface area (Å²) in [6.07, 6.45) is 10.4. The number of carbonyl (C=O) groups excluding carboxylic acids is 1. The molecule has 1 saturated carbocycles. The van der Waals surface area contributed by atoms with E-state index in [1.165, 1.54) is 16.8 Å². The van der Waals surface area contributed by atoms with Gasteiger partial charge in [-0.05, 0) is 42.2 Å². The van der Waals surface area contributed by atoms with Gasteiger partial charge in [0.15, 0.2) is 0 Å². The summed E-state index contributed by atoms with van der Waals surface area (Å²) in [6.45, 7) is 0.708. The maximum atomic E-state index is 10.7. The van der Waals surface area contributed by atoms with Crippen molar-refractivity contribution in [2.75, 3.05) is 6.54 Å². The zero-order valence-corrected chi connectivity index (χ0v) is 13.4. The first-order chi connectivity index (χ1) is 11.7. The average Bonchev–Trinajstić information content (AvgIpc) is 3.00. The van der Waals surface area contributed by atoms with Crippen LogP contribution in [0.25, 0.3) is 28.4 Å². The third kappa shape index (κ3) is 1.75. The molecule has 24 heavy (non-hydrogen) atoms. The van der Waals surface area contributed by atoms with Crippen molar-refractivity contribution in [2.24, 2.45) is 12.5 Å². The van der Waals surface area contributed by atoms with Gasteiger partial charge in [0.1, 0.15) is 5.65 Å². The number of nitrogens with one attached hydrogen (secondary N) is 2. The summed E-state index contributed by atoms with van der Waals surface area (Å²) in [4.78, 5) is 18.5. The molecule has 3 aromatic heterocycles. The molecule has 0 spiro atoms. The number of hydrogen-bond acceptors (Lipinski definition) is 2. The highest BCUT2D eigenvalue weighted by molar-refractivity contribution is 5.85. The van der Waals surface area contributed by atoms with Crippen molar-refractivity contribution in [3.8, 4) is 11.3 Å². The number of H-pyrrole nitrogens is 1. The Morgan fingerprint density at radius 2 is 2.46 bits per heavy atom. The van der Waals surface area contributed by atoms with Crippen LogP contribution in [0.2, 0.25) is 0 Å². The number of carbonyl (C=O) groups is 1. The van der Waals surface area contributed by atoms with Crippen molar-refractivity contribution in [2.45, 2.75) is 12.3 Å². The number of aromatic nitrogens is 3. The standard InChI is InChI=1S/C19H18N4O/c1-23-9-13(15-7-12-3-2-6-21-18(12)22-15)17-14-8-19(14,10-20-11-24)5-4-16(17)23/h2-7,9,11,14H,8,10H2,1H3,(H,20,24)(H,21,22). The Kier molecular flexibility index (Phi) is 2.61. The Morgan fingerprint density at radius 3 is 3.29 bits per heavy atom. The fraction of sp³-hybridized carbons (Fsp3) is 0.263. The van der Waals surface area contributed by atoms with E-state index >= 15 is 0 Å². The maximum absolute atomic E-state index is 10.7. The van der Waals surface area contributed by atoms with Crippen molar-refractivity contribution in [3.63, 3.8) is 0 Å². The molecular formula is C19H18N4O. The zero-order chi connectivity index (χ0) is 16.3. The Morgan fingerprint density at radius 1 is 1.54 bits per heavy atom. The van der Waals surface area contributed by atoms with E-state index in [0.717, 1.165) is 29.6 Å². The van der Waals surface area contributed by atoms with Crippen LogP contribution in [-0.4, -0.2) is 27.5 Å². The third-order valence-corrected chi connectivity index (χ3v) is 5.50. The predicted octanol–water partition coefficient (Wildman–Crippen LogP) is 2.81. The predicted molar refractivity (Wildman–Crippen MR) is 93.4 cm³/mol.